The van der Waals surface area contributed by atoms with Crippen molar-refractivity contribution in [1.29, 1.82) is 0 Å². The van der Waals surface area contributed by atoms with E-state index in [9.17, 15) is 9.90 Å². The van der Waals surface area contributed by atoms with E-state index in [2.05, 4.69) is 35.4 Å². The Bertz CT molecular complexity index is 1780. The molecular weight excluding hydrogens is 650 g/mol. The van der Waals surface area contributed by atoms with E-state index in [1.165, 1.54) is 5.56 Å². The second-order valence-corrected chi connectivity index (χ2v) is 13.8. The van der Waals surface area contributed by atoms with E-state index >= 15 is 0 Å². The summed E-state index contributed by atoms with van der Waals surface area (Å²) in [5, 5.41) is 26.6. The van der Waals surface area contributed by atoms with Crippen molar-refractivity contribution in [3.8, 4) is 22.9 Å². The maximum atomic E-state index is 12.4. The van der Waals surface area contributed by atoms with Gasteiger partial charge in [0, 0.05) is 56.7 Å². The number of aromatic hydroxyl groups is 1. The number of benzene rings is 1. The number of fused-ring (bicyclic) bond motifs is 3. The summed E-state index contributed by atoms with van der Waals surface area (Å²) in [6.07, 6.45) is 7.04. The molecule has 1 unspecified atom stereocenters. The molecule has 2 N–H and O–H groups in total. The summed E-state index contributed by atoms with van der Waals surface area (Å²) in [7, 11) is 0. The number of carbonyl (C=O) groups excluding carboxylic acids is 1. The van der Waals surface area contributed by atoms with E-state index in [1.807, 2.05) is 44.4 Å². The van der Waals surface area contributed by atoms with Crippen LogP contribution in [0.5, 0.6) is 11.6 Å². The lowest BCUT2D eigenvalue weighted by atomic mass is 9.91. The van der Waals surface area contributed by atoms with Crippen molar-refractivity contribution in [3.05, 3.63) is 60.1 Å². The molecule has 4 aromatic rings. The molecule has 0 saturated carbocycles. The largest absolute Gasteiger partial charge is 0.507 e. The predicted octanol–water partition coefficient (Wildman–Crippen LogP) is 4.70. The maximum Gasteiger partial charge on any atom is 0.317 e. The molecule has 14 nitrogen and oxygen atoms in total. The molecule has 51 heavy (non-hydrogen) atoms. The first-order valence-corrected chi connectivity index (χ1v) is 18.1. The third-order valence-electron chi connectivity index (χ3n) is 10.1. The van der Waals surface area contributed by atoms with Crippen molar-refractivity contribution < 1.29 is 23.9 Å². The number of piperidine rings is 1. The van der Waals surface area contributed by atoms with Gasteiger partial charge in [0.1, 0.15) is 11.7 Å². The van der Waals surface area contributed by atoms with Gasteiger partial charge in [-0.05, 0) is 80.0 Å². The lowest BCUT2D eigenvalue weighted by Gasteiger charge is -2.45. The molecule has 0 amide bonds. The molecule has 270 valence electrons. The molecule has 1 aromatic carbocycles. The van der Waals surface area contributed by atoms with Crippen LogP contribution in [0.25, 0.3) is 11.3 Å². The summed E-state index contributed by atoms with van der Waals surface area (Å²) in [4.78, 5) is 29.2. The normalized spacial score (nSPS) is 18.5. The Morgan fingerprint density at radius 2 is 1.88 bits per heavy atom. The topological polar surface area (TPSA) is 155 Å². The maximum absolute atomic E-state index is 12.4. The molecule has 2 atom stereocenters. The van der Waals surface area contributed by atoms with Gasteiger partial charge in [-0.1, -0.05) is 26.0 Å². The van der Waals surface area contributed by atoms with Gasteiger partial charge < -0.3 is 39.1 Å². The second-order valence-electron chi connectivity index (χ2n) is 13.8. The van der Waals surface area contributed by atoms with E-state index in [4.69, 9.17) is 24.0 Å². The van der Waals surface area contributed by atoms with Crippen LogP contribution in [-0.2, 0) is 9.53 Å². The molecule has 6 heterocycles. The van der Waals surface area contributed by atoms with Crippen LogP contribution in [0.1, 0.15) is 63.2 Å². The monoisotopic (exact) mass is 697 g/mol. The Morgan fingerprint density at radius 1 is 1.08 bits per heavy atom. The van der Waals surface area contributed by atoms with Crippen molar-refractivity contribution in [3.63, 3.8) is 0 Å². The predicted molar refractivity (Wildman–Crippen MR) is 192 cm³/mol. The number of nitrogens with one attached hydrogen (secondary N) is 1. The number of phenols is 1. The Hall–Kier alpha value is -4.98. The van der Waals surface area contributed by atoms with Gasteiger partial charge in [-0.25, -0.2) is 9.97 Å². The summed E-state index contributed by atoms with van der Waals surface area (Å²) < 4.78 is 16.5. The Morgan fingerprint density at radius 3 is 2.65 bits per heavy atom. The minimum atomic E-state index is -0.495. The zero-order chi connectivity index (χ0) is 35.3. The number of anilines is 3. The van der Waals surface area contributed by atoms with Gasteiger partial charge in [-0.2, -0.15) is 0 Å². The molecule has 3 aliphatic rings. The summed E-state index contributed by atoms with van der Waals surface area (Å²) in [5.74, 6) is 2.28. The number of esters is 1. The van der Waals surface area contributed by atoms with Crippen molar-refractivity contribution in [2.45, 2.75) is 57.9 Å². The highest BCUT2D eigenvalue weighted by Crippen LogP contribution is 2.37. The average Bonchev–Trinajstić information content (AvgIpc) is 3.61. The number of para-hydroxylation sites is 1. The van der Waals surface area contributed by atoms with Gasteiger partial charge in [0.25, 0.3) is 5.88 Å². The number of aromatic nitrogens is 5. The highest BCUT2D eigenvalue weighted by Gasteiger charge is 2.34. The molecule has 3 aromatic heterocycles. The highest BCUT2D eigenvalue weighted by molar-refractivity contribution is 5.78. The molecule has 2 fully saturated rings. The van der Waals surface area contributed by atoms with Crippen LogP contribution < -0.4 is 19.9 Å². The number of piperazine rings is 1. The first kappa shape index (κ1) is 34.5. The molecule has 2 saturated heterocycles. The molecule has 7 rings (SSSR count). The quantitative estimate of drug-likeness (QED) is 0.155. The van der Waals surface area contributed by atoms with Crippen molar-refractivity contribution >= 4 is 23.4 Å². The Labute approximate surface area is 298 Å². The molecule has 0 bridgehead atoms. The summed E-state index contributed by atoms with van der Waals surface area (Å²) >= 11 is 0. The van der Waals surface area contributed by atoms with Crippen LogP contribution in [0.15, 0.2) is 53.3 Å². The van der Waals surface area contributed by atoms with Crippen LogP contribution >= 0.6 is 0 Å². The first-order chi connectivity index (χ1) is 24.9. The molecule has 0 spiro atoms. The third-order valence-corrected chi connectivity index (χ3v) is 10.1. The number of carbonyl (C=O) groups is 1. The zero-order valence-corrected chi connectivity index (χ0v) is 29.6. The second kappa shape index (κ2) is 15.5. The number of rotatable bonds is 12. The lowest BCUT2D eigenvalue weighted by molar-refractivity contribution is -0.146. The van der Waals surface area contributed by atoms with E-state index < -0.39 is 5.92 Å². The smallest absolute Gasteiger partial charge is 0.317 e. The number of nitrogens with zero attached hydrogens (tertiary/aromatic N) is 8. The summed E-state index contributed by atoms with van der Waals surface area (Å²) in [5.41, 5.74) is 3.53. The van der Waals surface area contributed by atoms with Crippen LogP contribution in [-0.4, -0.2) is 106 Å². The highest BCUT2D eigenvalue weighted by atomic mass is 16.5. The summed E-state index contributed by atoms with van der Waals surface area (Å²) in [6, 6.07) is 11.2. The van der Waals surface area contributed by atoms with Gasteiger partial charge in [0.15, 0.2) is 11.6 Å². The molecular formula is C37H47N9O5. The van der Waals surface area contributed by atoms with Crippen LogP contribution in [0, 0.1) is 5.92 Å². The van der Waals surface area contributed by atoms with Gasteiger partial charge in [0.05, 0.1) is 30.6 Å². The number of hydrogen-bond acceptors (Lipinski definition) is 14. The van der Waals surface area contributed by atoms with E-state index in [0.717, 1.165) is 82.5 Å². The number of ether oxygens (including phenoxy) is 2. The van der Waals surface area contributed by atoms with Crippen molar-refractivity contribution in [2.75, 3.05) is 74.1 Å². The molecule has 0 radical (unpaired) electrons. The standard InChI is InChI=1S/C37H47N9O5/c1-4-49-36(48)34(24(2)3)32-19-33(43-51-32)50-17-7-12-44-13-10-25(11-14-44)26-20-39-37(40-21-26)45-15-16-46-27(23-45)22-38-35-30(46)18-29(41-42-35)28-8-5-6-9-31(28)47/h5-6,8-9,18-21,24-25,27,34,47H,4,7,10-17,22-23H2,1-3H3,(H,38,42)/t27-,34?/m0/s1. The minimum absolute atomic E-state index is 0.0248. The van der Waals surface area contributed by atoms with E-state index in [1.54, 1.807) is 25.1 Å². The van der Waals surface area contributed by atoms with Crippen molar-refractivity contribution in [2.24, 2.45) is 5.92 Å². The lowest BCUT2D eigenvalue weighted by Crippen LogP contribution is -2.58. The van der Waals surface area contributed by atoms with Crippen LogP contribution in [0.2, 0.25) is 0 Å². The Kier molecular flexibility index (Phi) is 10.5. The fraction of sp³-hybridized carbons (Fsp3) is 0.514. The van der Waals surface area contributed by atoms with Gasteiger partial charge in [-0.15, -0.1) is 10.2 Å². The molecule has 3 aliphatic heterocycles. The van der Waals surface area contributed by atoms with E-state index in [0.29, 0.717) is 42.0 Å². The first-order valence-electron chi connectivity index (χ1n) is 18.1. The minimum Gasteiger partial charge on any atom is -0.507 e. The number of likely N-dealkylation sites (tertiary alicyclic amines) is 1. The SMILES string of the molecule is CCOC(=O)C(c1cc(OCCCN2CCC(c3cnc(N4CCN5c6cc(-c7ccccc7O)nnc6NC[C@H]5C4)nc3)CC2)no1)C(C)C. The molecule has 0 aliphatic carbocycles. The van der Waals surface area contributed by atoms with Gasteiger partial charge >= 0.3 is 5.97 Å². The average molecular weight is 698 g/mol. The van der Waals surface area contributed by atoms with Gasteiger partial charge in [-0.3, -0.25) is 4.79 Å². The number of hydrogen-bond donors (Lipinski definition) is 2. The summed E-state index contributed by atoms with van der Waals surface area (Å²) in [6.45, 7) is 12.7. The molecule has 14 heteroatoms. The van der Waals surface area contributed by atoms with E-state index in [-0.39, 0.29) is 23.7 Å². The van der Waals surface area contributed by atoms with Crippen molar-refractivity contribution in [1.82, 2.24) is 30.2 Å². The fourth-order valence-corrected chi connectivity index (χ4v) is 7.39. The van der Waals surface area contributed by atoms with Crippen LogP contribution in [0.4, 0.5) is 17.5 Å². The Balaban J connectivity index is 0.859. The zero-order valence-electron chi connectivity index (χ0n) is 29.6. The van der Waals surface area contributed by atoms with Gasteiger partial charge in [0.2, 0.25) is 5.95 Å². The third kappa shape index (κ3) is 7.70. The van der Waals surface area contributed by atoms with Crippen LogP contribution in [0.3, 0.4) is 0 Å². The fourth-order valence-electron chi connectivity index (χ4n) is 7.39. The number of phenolic OH excluding ortho intramolecular Hbond substituents is 1.